The van der Waals surface area contributed by atoms with Gasteiger partial charge in [-0.1, -0.05) is 52.4 Å². The largest absolute Gasteiger partial charge is 0.299 e. The van der Waals surface area contributed by atoms with Gasteiger partial charge in [-0.2, -0.15) is 0 Å². The minimum absolute atomic E-state index is 0.417. The molecule has 0 radical (unpaired) electrons. The van der Waals surface area contributed by atoms with Gasteiger partial charge in [0.2, 0.25) is 0 Å². The lowest BCUT2D eigenvalue weighted by molar-refractivity contribution is -0.131. The molecule has 18 heavy (non-hydrogen) atoms. The minimum atomic E-state index is 0.417. The first-order chi connectivity index (χ1) is 8.76. The summed E-state index contributed by atoms with van der Waals surface area (Å²) >= 11 is 0. The zero-order valence-corrected chi connectivity index (χ0v) is 12.3. The Kier molecular flexibility index (Phi) is 5.26. The lowest BCUT2D eigenvalue weighted by Gasteiger charge is -2.35. The van der Waals surface area contributed by atoms with Gasteiger partial charge in [0.25, 0.3) is 0 Å². The van der Waals surface area contributed by atoms with Crippen LogP contribution in [-0.4, -0.2) is 5.78 Å². The third kappa shape index (κ3) is 3.16. The summed E-state index contributed by atoms with van der Waals surface area (Å²) in [4.78, 5) is 12.8. The molecule has 0 aromatic heterocycles. The third-order valence-electron chi connectivity index (χ3n) is 5.56. The summed E-state index contributed by atoms with van der Waals surface area (Å²) in [6, 6.07) is 0. The highest BCUT2D eigenvalue weighted by Gasteiger charge is 2.35. The first-order valence-corrected chi connectivity index (χ1v) is 8.30. The van der Waals surface area contributed by atoms with Crippen molar-refractivity contribution < 1.29 is 4.79 Å². The van der Waals surface area contributed by atoms with Gasteiger partial charge >= 0.3 is 0 Å². The molecule has 0 saturated heterocycles. The van der Waals surface area contributed by atoms with Gasteiger partial charge in [-0.15, -0.1) is 0 Å². The summed E-state index contributed by atoms with van der Waals surface area (Å²) in [7, 11) is 0. The fourth-order valence-corrected chi connectivity index (χ4v) is 4.29. The van der Waals surface area contributed by atoms with E-state index in [4.69, 9.17) is 0 Å². The molecule has 0 aliphatic heterocycles. The van der Waals surface area contributed by atoms with Crippen molar-refractivity contribution in [2.24, 2.45) is 23.7 Å². The second-order valence-corrected chi connectivity index (χ2v) is 6.60. The van der Waals surface area contributed by atoms with Crippen LogP contribution in [0.4, 0.5) is 0 Å². The molecule has 2 saturated carbocycles. The molecule has 0 N–H and O–H groups in total. The van der Waals surface area contributed by atoms with Crippen molar-refractivity contribution in [1.29, 1.82) is 0 Å². The van der Waals surface area contributed by atoms with Crippen LogP contribution < -0.4 is 0 Å². The summed E-state index contributed by atoms with van der Waals surface area (Å²) in [6.45, 7) is 4.55. The fourth-order valence-electron chi connectivity index (χ4n) is 4.29. The smallest absolute Gasteiger partial charge is 0.139 e. The summed E-state index contributed by atoms with van der Waals surface area (Å²) in [6.07, 6.45) is 12.6. The second-order valence-electron chi connectivity index (χ2n) is 6.60. The zero-order chi connectivity index (χ0) is 13.0. The number of rotatable bonds is 4. The van der Waals surface area contributed by atoms with E-state index in [1.54, 1.807) is 0 Å². The van der Waals surface area contributed by atoms with Gasteiger partial charge in [-0.3, -0.25) is 4.79 Å². The fraction of sp³-hybridized carbons (Fsp3) is 0.941. The number of Topliss-reactive ketones (excluding diaryl/α,β-unsaturated/α-hetero) is 1. The first-order valence-electron chi connectivity index (χ1n) is 8.30. The highest BCUT2D eigenvalue weighted by atomic mass is 16.1. The average Bonchev–Trinajstić information content (AvgIpc) is 2.46. The third-order valence-corrected chi connectivity index (χ3v) is 5.56. The van der Waals surface area contributed by atoms with Crippen molar-refractivity contribution in [2.45, 2.75) is 78.1 Å². The maximum Gasteiger partial charge on any atom is 0.139 e. The van der Waals surface area contributed by atoms with Gasteiger partial charge in [0.15, 0.2) is 0 Å². The van der Waals surface area contributed by atoms with E-state index in [-0.39, 0.29) is 0 Å². The van der Waals surface area contributed by atoms with Crippen LogP contribution in [0.2, 0.25) is 0 Å². The van der Waals surface area contributed by atoms with Crippen LogP contribution in [0.3, 0.4) is 0 Å². The van der Waals surface area contributed by atoms with E-state index in [1.165, 1.54) is 64.2 Å². The normalized spacial score (nSPS) is 37.4. The number of carbonyl (C=O) groups excluding carboxylic acids is 1. The van der Waals surface area contributed by atoms with E-state index >= 15 is 0 Å². The molecule has 4 atom stereocenters. The molecule has 0 amide bonds. The van der Waals surface area contributed by atoms with E-state index in [9.17, 15) is 4.79 Å². The summed E-state index contributed by atoms with van der Waals surface area (Å²) < 4.78 is 0. The molecule has 0 spiro atoms. The van der Waals surface area contributed by atoms with Crippen LogP contribution in [-0.2, 0) is 4.79 Å². The van der Waals surface area contributed by atoms with Crippen molar-refractivity contribution in [3.63, 3.8) is 0 Å². The maximum atomic E-state index is 12.8. The number of hydrogen-bond acceptors (Lipinski definition) is 1. The van der Waals surface area contributed by atoms with Crippen LogP contribution in [0.1, 0.15) is 78.1 Å². The number of carbonyl (C=O) groups is 1. The predicted octanol–water partition coefficient (Wildman–Crippen LogP) is 4.99. The second kappa shape index (κ2) is 6.73. The van der Waals surface area contributed by atoms with E-state index in [0.29, 0.717) is 23.5 Å². The monoisotopic (exact) mass is 250 g/mol. The molecule has 0 aromatic carbocycles. The lowest BCUT2D eigenvalue weighted by Crippen LogP contribution is -2.34. The maximum absolute atomic E-state index is 12.8. The highest BCUT2D eigenvalue weighted by molar-refractivity contribution is 5.83. The van der Waals surface area contributed by atoms with Crippen LogP contribution in [0.5, 0.6) is 0 Å². The van der Waals surface area contributed by atoms with Crippen LogP contribution in [0.15, 0.2) is 0 Å². The molecular weight excluding hydrogens is 220 g/mol. The first kappa shape index (κ1) is 14.1. The summed E-state index contributed by atoms with van der Waals surface area (Å²) in [5, 5.41) is 0. The Labute approximate surface area is 113 Å². The Hall–Kier alpha value is -0.330. The molecule has 0 bridgehead atoms. The van der Waals surface area contributed by atoms with Gasteiger partial charge < -0.3 is 0 Å². The predicted molar refractivity (Wildman–Crippen MR) is 76.5 cm³/mol. The Bertz CT molecular complexity index is 271. The molecule has 1 nitrogen and oxygen atoms in total. The van der Waals surface area contributed by atoms with E-state index in [2.05, 4.69) is 13.8 Å². The summed E-state index contributed by atoms with van der Waals surface area (Å²) in [5.41, 5.74) is 0. The molecule has 2 rings (SSSR count). The molecule has 0 heterocycles. The Morgan fingerprint density at radius 1 is 0.944 bits per heavy atom. The lowest BCUT2D eigenvalue weighted by atomic mass is 9.69. The molecule has 2 aliphatic rings. The van der Waals surface area contributed by atoms with Gasteiger partial charge in [0.1, 0.15) is 5.78 Å². The molecule has 1 heteroatoms. The van der Waals surface area contributed by atoms with Gasteiger partial charge in [-0.25, -0.2) is 0 Å². The Morgan fingerprint density at radius 3 is 2.44 bits per heavy atom. The SMILES string of the molecule is CCC1CCCC(C(=O)C2CCCCC2CC)C1. The number of ketones is 1. The number of hydrogen-bond donors (Lipinski definition) is 0. The highest BCUT2D eigenvalue weighted by Crippen LogP contribution is 2.39. The molecule has 0 aromatic rings. The van der Waals surface area contributed by atoms with Gasteiger partial charge in [-0.05, 0) is 37.5 Å². The van der Waals surface area contributed by atoms with Crippen molar-refractivity contribution in [3.8, 4) is 0 Å². The van der Waals surface area contributed by atoms with Gasteiger partial charge in [0.05, 0.1) is 0 Å². The Morgan fingerprint density at radius 2 is 1.72 bits per heavy atom. The topological polar surface area (TPSA) is 17.1 Å². The standard InChI is InChI=1S/C17H30O/c1-3-13-8-7-10-15(12-13)17(18)16-11-6-5-9-14(16)4-2/h13-16H,3-12H2,1-2H3. The minimum Gasteiger partial charge on any atom is -0.299 e. The van der Waals surface area contributed by atoms with Crippen molar-refractivity contribution >= 4 is 5.78 Å². The summed E-state index contributed by atoms with van der Waals surface area (Å²) in [5.74, 6) is 3.02. The van der Waals surface area contributed by atoms with Gasteiger partial charge in [0, 0.05) is 11.8 Å². The van der Waals surface area contributed by atoms with Crippen LogP contribution in [0.25, 0.3) is 0 Å². The van der Waals surface area contributed by atoms with Crippen LogP contribution >= 0.6 is 0 Å². The Balaban J connectivity index is 1.96. The van der Waals surface area contributed by atoms with Crippen LogP contribution in [0, 0.1) is 23.7 Å². The molecule has 4 unspecified atom stereocenters. The molecule has 2 fully saturated rings. The van der Waals surface area contributed by atoms with E-state index in [0.717, 1.165) is 5.92 Å². The quantitative estimate of drug-likeness (QED) is 0.687. The molecule has 2 aliphatic carbocycles. The van der Waals surface area contributed by atoms with Crippen molar-refractivity contribution in [2.75, 3.05) is 0 Å². The average molecular weight is 250 g/mol. The molecule has 104 valence electrons. The molecular formula is C17H30O. The van der Waals surface area contributed by atoms with Crippen molar-refractivity contribution in [3.05, 3.63) is 0 Å². The van der Waals surface area contributed by atoms with Crippen molar-refractivity contribution in [1.82, 2.24) is 0 Å². The van der Waals surface area contributed by atoms with E-state index in [1.807, 2.05) is 0 Å². The van der Waals surface area contributed by atoms with E-state index < -0.39 is 0 Å². The zero-order valence-electron chi connectivity index (χ0n) is 12.3.